The van der Waals surface area contributed by atoms with E-state index in [-0.39, 0.29) is 0 Å². The Labute approximate surface area is 517 Å². The van der Waals surface area contributed by atoms with E-state index in [1.807, 2.05) is 0 Å². The van der Waals surface area contributed by atoms with E-state index in [0.717, 1.165) is 0 Å². The summed E-state index contributed by atoms with van der Waals surface area (Å²) in [6.07, 6.45) is 0. The van der Waals surface area contributed by atoms with E-state index in [9.17, 15) is 0 Å². The lowest BCUT2D eigenvalue weighted by molar-refractivity contribution is 1.47. The van der Waals surface area contributed by atoms with Crippen LogP contribution in [0.25, 0.3) is 187 Å². The molecule has 0 fully saturated rings. The van der Waals surface area contributed by atoms with Crippen molar-refractivity contribution < 1.29 is 0 Å². The molecule has 0 N–H and O–H groups in total. The van der Waals surface area contributed by atoms with Gasteiger partial charge in [-0.05, 0) is 194 Å². The molecule has 0 atom stereocenters. The van der Waals surface area contributed by atoms with Gasteiger partial charge in [-0.25, -0.2) is 0 Å². The maximum atomic E-state index is 2.36. The van der Waals surface area contributed by atoms with Gasteiger partial charge in [0.2, 0.25) is 0 Å². The van der Waals surface area contributed by atoms with Gasteiger partial charge in [-0.3, -0.25) is 0 Å². The molecule has 89 heavy (non-hydrogen) atoms. The summed E-state index contributed by atoms with van der Waals surface area (Å²) in [5, 5.41) is 18.2. The lowest BCUT2D eigenvalue weighted by Crippen LogP contribution is -1.92. The third-order valence-electron chi connectivity index (χ3n) is 19.3. The van der Waals surface area contributed by atoms with Crippen LogP contribution in [0, 0.1) is 6.92 Å². The number of benzene rings is 17. The molecule has 0 saturated heterocycles. The first-order valence-corrected chi connectivity index (χ1v) is 31.1. The summed E-state index contributed by atoms with van der Waals surface area (Å²) >= 11 is 0. The maximum absolute atomic E-state index is 2.36. The van der Waals surface area contributed by atoms with Crippen molar-refractivity contribution in [3.8, 4) is 111 Å². The molecule has 0 aliphatic heterocycles. The highest BCUT2D eigenvalue weighted by molar-refractivity contribution is 6.28. The Balaban J connectivity index is 0.000000133. The fraction of sp³-hybridized carbons (Fsp3) is 0.0112. The Morgan fingerprint density at radius 1 is 0.157 bits per heavy atom. The SMILES string of the molecule is Cc1cccc(-c2ccc(-c3c4ccccc4c(-c4ccc5c6c(cccc46)-c4ccccc4-5)c4ccccc34)cc2)c1.c1ccc2c(c1)-c1cccc3c(-c4c5ccccc5c(-c5ccc(-c6cccc7ccccc67)cc5)c5ccccc45)ccc-2c13. The van der Waals surface area contributed by atoms with Gasteiger partial charge in [0.25, 0.3) is 0 Å². The van der Waals surface area contributed by atoms with Crippen molar-refractivity contribution in [1.82, 2.24) is 0 Å². The van der Waals surface area contributed by atoms with Crippen LogP contribution >= 0.6 is 0 Å². The van der Waals surface area contributed by atoms with E-state index in [1.165, 1.54) is 192 Å². The van der Waals surface area contributed by atoms with Crippen molar-refractivity contribution in [3.05, 3.63) is 327 Å². The third-order valence-corrected chi connectivity index (χ3v) is 19.3. The highest BCUT2D eigenvalue weighted by Gasteiger charge is 2.27. The molecule has 0 amide bonds. The van der Waals surface area contributed by atoms with E-state index in [1.54, 1.807) is 0 Å². The molecule has 19 rings (SSSR count). The van der Waals surface area contributed by atoms with Gasteiger partial charge in [-0.1, -0.05) is 327 Å². The molecule has 17 aromatic rings. The van der Waals surface area contributed by atoms with Crippen molar-refractivity contribution in [1.29, 1.82) is 0 Å². The van der Waals surface area contributed by atoms with Gasteiger partial charge < -0.3 is 0 Å². The predicted octanol–water partition coefficient (Wildman–Crippen LogP) is 25.1. The van der Waals surface area contributed by atoms with Gasteiger partial charge in [0.15, 0.2) is 0 Å². The largest absolute Gasteiger partial charge is 0.0616 e. The Hall–Kier alpha value is -11.4. The van der Waals surface area contributed by atoms with Crippen LogP contribution in [-0.2, 0) is 0 Å². The van der Waals surface area contributed by atoms with Crippen LogP contribution in [0.1, 0.15) is 5.56 Å². The fourth-order valence-electron chi connectivity index (χ4n) is 15.5. The molecular formula is C89H56. The van der Waals surface area contributed by atoms with E-state index < -0.39 is 0 Å². The van der Waals surface area contributed by atoms with Gasteiger partial charge >= 0.3 is 0 Å². The average molecular weight is 1130 g/mol. The normalized spacial score (nSPS) is 11.9. The Morgan fingerprint density at radius 3 is 0.888 bits per heavy atom. The summed E-state index contributed by atoms with van der Waals surface area (Å²) in [5.74, 6) is 0. The van der Waals surface area contributed by atoms with Gasteiger partial charge in [0.1, 0.15) is 0 Å². The summed E-state index contributed by atoms with van der Waals surface area (Å²) in [6.45, 7) is 2.15. The molecule has 0 heterocycles. The monoisotopic (exact) mass is 1120 g/mol. The van der Waals surface area contributed by atoms with Gasteiger partial charge in [-0.15, -0.1) is 0 Å². The molecule has 0 heteroatoms. The van der Waals surface area contributed by atoms with Crippen LogP contribution in [0.4, 0.5) is 0 Å². The molecule has 2 aliphatic rings. The topological polar surface area (TPSA) is 0 Å². The molecule has 2 aliphatic carbocycles. The van der Waals surface area contributed by atoms with E-state index in [2.05, 4.69) is 328 Å². The highest BCUT2D eigenvalue weighted by atomic mass is 14.3. The van der Waals surface area contributed by atoms with Crippen molar-refractivity contribution >= 4 is 75.4 Å². The van der Waals surface area contributed by atoms with Gasteiger partial charge in [0, 0.05) is 0 Å². The number of hydrogen-bond acceptors (Lipinski definition) is 0. The average Bonchev–Trinajstić information content (AvgIpc) is 1.75. The van der Waals surface area contributed by atoms with Gasteiger partial charge in [-0.2, -0.15) is 0 Å². The standard InChI is InChI=1S/C46H28.C43H28/c1-2-13-32-29(11-1)12-9-20-33(32)30-23-25-31(26-24-30)44-37-16-5-7-18-39(37)46(40-19-8-6-17-38(40)44)43-28-27-42-35-15-4-3-14-34(35)36-21-10-22-41(43)45(36)42;1-27-10-8-11-30(26-27)28-20-22-29(23-21-28)41-34-14-4-6-16-36(34)43(37-17-7-5-15-35(37)41)40-25-24-39-32-13-3-2-12-31(32)33-18-9-19-38(40)42(33)39/h1-28H;2-26H,1H3. The lowest BCUT2D eigenvalue weighted by Gasteiger charge is -2.19. The summed E-state index contributed by atoms with van der Waals surface area (Å²) in [6, 6.07) is 119. The van der Waals surface area contributed by atoms with Crippen LogP contribution in [0.2, 0.25) is 0 Å². The predicted molar refractivity (Wildman–Crippen MR) is 382 cm³/mol. The minimum Gasteiger partial charge on any atom is -0.0616 e. The Bertz CT molecular complexity index is 5600. The summed E-state index contributed by atoms with van der Waals surface area (Å²) in [4.78, 5) is 0. The summed E-state index contributed by atoms with van der Waals surface area (Å²) < 4.78 is 0. The second kappa shape index (κ2) is 20.3. The molecule has 0 radical (unpaired) electrons. The number of fused-ring (bicyclic) bond motifs is 11. The first-order chi connectivity index (χ1) is 44.1. The van der Waals surface area contributed by atoms with E-state index >= 15 is 0 Å². The molecule has 17 aromatic carbocycles. The van der Waals surface area contributed by atoms with Crippen molar-refractivity contribution in [3.63, 3.8) is 0 Å². The van der Waals surface area contributed by atoms with E-state index in [4.69, 9.17) is 0 Å². The van der Waals surface area contributed by atoms with Crippen molar-refractivity contribution in [2.45, 2.75) is 6.92 Å². The summed E-state index contributed by atoms with van der Waals surface area (Å²) in [7, 11) is 0. The zero-order chi connectivity index (χ0) is 58.7. The molecule has 0 aromatic heterocycles. The quantitative estimate of drug-likeness (QED) is 0.146. The third kappa shape index (κ3) is 7.94. The first-order valence-electron chi connectivity index (χ1n) is 31.1. The zero-order valence-electron chi connectivity index (χ0n) is 49.1. The second-order valence-corrected chi connectivity index (χ2v) is 24.1. The molecular weight excluding hydrogens is 1070 g/mol. The minimum absolute atomic E-state index is 1.23. The fourth-order valence-corrected chi connectivity index (χ4v) is 15.5. The zero-order valence-corrected chi connectivity index (χ0v) is 49.1. The highest BCUT2D eigenvalue weighted by Crippen LogP contribution is 2.54. The van der Waals surface area contributed by atoms with E-state index in [0.29, 0.717) is 0 Å². The number of hydrogen-bond donors (Lipinski definition) is 0. The molecule has 0 saturated carbocycles. The molecule has 412 valence electrons. The Kier molecular flexibility index (Phi) is 11.6. The van der Waals surface area contributed by atoms with Crippen LogP contribution < -0.4 is 0 Å². The second-order valence-electron chi connectivity index (χ2n) is 24.1. The van der Waals surface area contributed by atoms with Crippen LogP contribution in [0.3, 0.4) is 0 Å². The molecule has 0 unspecified atom stereocenters. The van der Waals surface area contributed by atoms with Crippen molar-refractivity contribution in [2.75, 3.05) is 0 Å². The Morgan fingerprint density at radius 2 is 0.449 bits per heavy atom. The number of rotatable bonds is 6. The van der Waals surface area contributed by atoms with Gasteiger partial charge in [0.05, 0.1) is 0 Å². The summed E-state index contributed by atoms with van der Waals surface area (Å²) in [5.41, 5.74) is 27.2. The smallest absolute Gasteiger partial charge is 0.00201 e. The lowest BCUT2D eigenvalue weighted by atomic mass is 9.84. The molecule has 0 spiro atoms. The number of aryl methyl sites for hydroxylation is 1. The van der Waals surface area contributed by atoms with Crippen LogP contribution in [0.15, 0.2) is 322 Å². The molecule has 0 bridgehead atoms. The first kappa shape index (κ1) is 50.8. The maximum Gasteiger partial charge on any atom is -0.00201 e. The molecule has 0 nitrogen and oxygen atoms in total. The minimum atomic E-state index is 1.23. The van der Waals surface area contributed by atoms with Crippen molar-refractivity contribution in [2.24, 2.45) is 0 Å². The van der Waals surface area contributed by atoms with Crippen LogP contribution in [-0.4, -0.2) is 0 Å². The van der Waals surface area contributed by atoms with Crippen LogP contribution in [0.5, 0.6) is 0 Å².